The second kappa shape index (κ2) is 10.1. The average molecular weight is 411 g/mol. The van der Waals surface area contributed by atoms with Gasteiger partial charge in [0, 0.05) is 50.4 Å². The number of aryl methyl sites for hydroxylation is 3. The van der Waals surface area contributed by atoms with Gasteiger partial charge in [0.2, 0.25) is 0 Å². The van der Waals surface area contributed by atoms with E-state index in [0.717, 1.165) is 26.2 Å². The number of rotatable bonds is 8. The molecule has 0 aromatic heterocycles. The lowest BCUT2D eigenvalue weighted by molar-refractivity contribution is 0.0662. The van der Waals surface area contributed by atoms with Crippen LogP contribution in [0.1, 0.15) is 40.4 Å². The van der Waals surface area contributed by atoms with Crippen molar-refractivity contribution in [1.82, 2.24) is 4.90 Å². The van der Waals surface area contributed by atoms with Crippen LogP contribution >= 0.6 is 0 Å². The molecule has 1 fully saturated rings. The highest BCUT2D eigenvalue weighted by atomic mass is 16.5. The number of anilines is 1. The van der Waals surface area contributed by atoms with Gasteiger partial charge < -0.3 is 14.7 Å². The summed E-state index contributed by atoms with van der Waals surface area (Å²) >= 11 is 0. The molecule has 1 aliphatic rings. The predicted octanol–water partition coefficient (Wildman–Crippen LogP) is 3.77. The molecular weight excluding hydrogens is 376 g/mol. The number of carbonyl (C=O) groups excluding carboxylic acids is 1. The van der Waals surface area contributed by atoms with Crippen molar-refractivity contribution in [2.75, 3.05) is 44.2 Å². The van der Waals surface area contributed by atoms with Crippen LogP contribution in [0.2, 0.25) is 0 Å². The third kappa shape index (κ3) is 5.61. The number of hydrogen-bond acceptors (Lipinski definition) is 5. The lowest BCUT2D eigenvalue weighted by Gasteiger charge is -2.38. The van der Waals surface area contributed by atoms with E-state index in [2.05, 4.69) is 42.7 Å². The highest BCUT2D eigenvalue weighted by molar-refractivity contribution is 5.95. The Labute approximate surface area is 180 Å². The molecule has 0 unspecified atom stereocenters. The molecule has 162 valence electrons. The maximum atomic E-state index is 11.7. The molecule has 1 heterocycles. The van der Waals surface area contributed by atoms with Crippen molar-refractivity contribution >= 4 is 11.5 Å². The first kappa shape index (κ1) is 22.3. The van der Waals surface area contributed by atoms with Crippen LogP contribution in [0.25, 0.3) is 0 Å². The lowest BCUT2D eigenvalue weighted by atomic mass is 10.0. The van der Waals surface area contributed by atoms with Gasteiger partial charge in [-0.3, -0.25) is 9.69 Å². The minimum absolute atomic E-state index is 0.122. The number of aliphatic hydroxyl groups is 1. The summed E-state index contributed by atoms with van der Waals surface area (Å²) < 4.78 is 5.71. The number of benzene rings is 2. The van der Waals surface area contributed by atoms with E-state index in [0.29, 0.717) is 24.3 Å². The van der Waals surface area contributed by atoms with Gasteiger partial charge in [0.25, 0.3) is 0 Å². The number of aliphatic hydroxyl groups excluding tert-OH is 1. The van der Waals surface area contributed by atoms with E-state index in [1.54, 1.807) is 24.3 Å². The predicted molar refractivity (Wildman–Crippen MR) is 122 cm³/mol. The number of nitrogens with zero attached hydrogens (tertiary/aromatic N) is 2. The highest BCUT2D eigenvalue weighted by Crippen LogP contribution is 2.27. The Balaban J connectivity index is 1.45. The minimum Gasteiger partial charge on any atom is -0.491 e. The summed E-state index contributed by atoms with van der Waals surface area (Å²) in [4.78, 5) is 16.4. The first-order valence-electron chi connectivity index (χ1n) is 10.9. The zero-order valence-electron chi connectivity index (χ0n) is 18.6. The largest absolute Gasteiger partial charge is 0.491 e. The molecule has 3 rings (SSSR count). The molecule has 30 heavy (non-hydrogen) atoms. The first-order chi connectivity index (χ1) is 14.4. The number of β-amino-alcohol motifs (C(OH)–C–C–N with tert-alkyl or cyclic N) is 1. The van der Waals surface area contributed by atoms with Gasteiger partial charge in [0.1, 0.15) is 18.5 Å². The van der Waals surface area contributed by atoms with Crippen molar-refractivity contribution in [3.05, 3.63) is 58.7 Å². The number of Topliss-reactive ketones (excluding diaryl/α,β-unsaturated/α-hetero) is 1. The molecule has 1 atom stereocenters. The van der Waals surface area contributed by atoms with Crippen LogP contribution in [-0.4, -0.2) is 61.2 Å². The van der Waals surface area contributed by atoms with Crippen molar-refractivity contribution in [2.24, 2.45) is 0 Å². The second-order valence-electron chi connectivity index (χ2n) is 8.30. The summed E-state index contributed by atoms with van der Waals surface area (Å²) in [6.07, 6.45) is -0.0498. The fourth-order valence-corrected chi connectivity index (χ4v) is 4.31. The van der Waals surface area contributed by atoms with Crippen LogP contribution in [0, 0.1) is 20.8 Å². The summed E-state index contributed by atoms with van der Waals surface area (Å²) in [5.74, 6) is 0.800. The van der Waals surface area contributed by atoms with E-state index in [4.69, 9.17) is 4.74 Å². The van der Waals surface area contributed by atoms with Crippen LogP contribution in [0.4, 0.5) is 5.69 Å². The number of piperazine rings is 1. The van der Waals surface area contributed by atoms with Gasteiger partial charge in [0.15, 0.2) is 5.78 Å². The third-order valence-electron chi connectivity index (χ3n) is 5.73. The summed E-state index contributed by atoms with van der Waals surface area (Å²) in [7, 11) is 0. The Morgan fingerprint density at radius 2 is 1.63 bits per heavy atom. The number of carbonyl (C=O) groups is 1. The van der Waals surface area contributed by atoms with Gasteiger partial charge in [-0.25, -0.2) is 0 Å². The molecule has 1 N–H and O–H groups in total. The molecule has 5 heteroatoms. The monoisotopic (exact) mass is 410 g/mol. The molecule has 0 radical (unpaired) electrons. The molecule has 0 bridgehead atoms. The Bertz CT molecular complexity index is 832. The van der Waals surface area contributed by atoms with Gasteiger partial charge >= 0.3 is 0 Å². The molecule has 0 spiro atoms. The van der Waals surface area contributed by atoms with Crippen LogP contribution in [-0.2, 0) is 0 Å². The van der Waals surface area contributed by atoms with E-state index in [1.807, 2.05) is 6.92 Å². The van der Waals surface area contributed by atoms with E-state index in [-0.39, 0.29) is 12.4 Å². The maximum absolute atomic E-state index is 11.7. The first-order valence-corrected chi connectivity index (χ1v) is 10.9. The van der Waals surface area contributed by atoms with Crippen molar-refractivity contribution in [3.8, 4) is 5.75 Å². The van der Waals surface area contributed by atoms with Crippen molar-refractivity contribution < 1.29 is 14.6 Å². The van der Waals surface area contributed by atoms with Crippen molar-refractivity contribution in [3.63, 3.8) is 0 Å². The molecular formula is C25H34N2O3. The number of ketones is 1. The number of ether oxygens (including phenoxy) is 1. The van der Waals surface area contributed by atoms with E-state index in [1.165, 1.54) is 22.4 Å². The normalized spacial score (nSPS) is 15.8. The number of hydrogen-bond donors (Lipinski definition) is 1. The second-order valence-corrected chi connectivity index (χ2v) is 8.30. The molecule has 2 aromatic carbocycles. The van der Waals surface area contributed by atoms with E-state index in [9.17, 15) is 9.90 Å². The van der Waals surface area contributed by atoms with Crippen molar-refractivity contribution in [1.29, 1.82) is 0 Å². The summed E-state index contributed by atoms with van der Waals surface area (Å²) in [5.41, 5.74) is 6.03. The average Bonchev–Trinajstić information content (AvgIpc) is 2.72. The maximum Gasteiger partial charge on any atom is 0.162 e. The molecule has 0 saturated carbocycles. The highest BCUT2D eigenvalue weighted by Gasteiger charge is 2.21. The summed E-state index contributed by atoms with van der Waals surface area (Å²) in [6, 6.07) is 11.6. The topological polar surface area (TPSA) is 53.0 Å². The van der Waals surface area contributed by atoms with Gasteiger partial charge in [-0.2, -0.15) is 0 Å². The van der Waals surface area contributed by atoms with Crippen LogP contribution in [0.15, 0.2) is 36.4 Å². The standard InChI is InChI=1S/C25H34N2O3/c1-5-24(29)21-6-8-23(9-7-21)30-17-22(28)16-26-10-12-27(13-11-26)25-19(3)14-18(2)15-20(25)4/h6-9,14-15,22,28H,5,10-13,16-17H2,1-4H3/t22-/m0/s1. The zero-order valence-corrected chi connectivity index (χ0v) is 18.6. The minimum atomic E-state index is -0.545. The van der Waals surface area contributed by atoms with Gasteiger partial charge in [-0.1, -0.05) is 24.6 Å². The van der Waals surface area contributed by atoms with Crippen LogP contribution in [0.5, 0.6) is 5.75 Å². The Morgan fingerprint density at radius 3 is 2.20 bits per heavy atom. The van der Waals surface area contributed by atoms with Gasteiger partial charge in [-0.15, -0.1) is 0 Å². The molecule has 5 nitrogen and oxygen atoms in total. The molecule has 1 saturated heterocycles. The van der Waals surface area contributed by atoms with E-state index < -0.39 is 6.10 Å². The molecule has 0 aliphatic carbocycles. The third-order valence-corrected chi connectivity index (χ3v) is 5.73. The quantitative estimate of drug-likeness (QED) is 0.672. The fourth-order valence-electron chi connectivity index (χ4n) is 4.31. The molecule has 1 aliphatic heterocycles. The zero-order chi connectivity index (χ0) is 21.7. The molecule has 2 aromatic rings. The van der Waals surface area contributed by atoms with Crippen LogP contribution in [0.3, 0.4) is 0 Å². The van der Waals surface area contributed by atoms with Gasteiger partial charge in [-0.05, 0) is 56.2 Å². The van der Waals surface area contributed by atoms with Crippen molar-refractivity contribution in [2.45, 2.75) is 40.2 Å². The Kier molecular flexibility index (Phi) is 7.51. The summed E-state index contributed by atoms with van der Waals surface area (Å²) in [5, 5.41) is 10.4. The van der Waals surface area contributed by atoms with Gasteiger partial charge in [0.05, 0.1) is 0 Å². The Hall–Kier alpha value is -2.37. The van der Waals surface area contributed by atoms with E-state index >= 15 is 0 Å². The smallest absolute Gasteiger partial charge is 0.162 e. The van der Waals surface area contributed by atoms with Crippen LogP contribution < -0.4 is 9.64 Å². The molecule has 0 amide bonds. The fraction of sp³-hybridized carbons (Fsp3) is 0.480. The lowest BCUT2D eigenvalue weighted by Crippen LogP contribution is -2.49. The Morgan fingerprint density at radius 1 is 1.03 bits per heavy atom. The summed E-state index contributed by atoms with van der Waals surface area (Å²) in [6.45, 7) is 13.0. The SMILES string of the molecule is CCC(=O)c1ccc(OC[C@@H](O)CN2CCN(c3c(C)cc(C)cc3C)CC2)cc1.